The van der Waals surface area contributed by atoms with Gasteiger partial charge in [-0.2, -0.15) is 0 Å². The van der Waals surface area contributed by atoms with Gasteiger partial charge in [-0.1, -0.05) is 105 Å². The van der Waals surface area contributed by atoms with E-state index in [2.05, 4.69) is 71.0 Å². The predicted molar refractivity (Wildman–Crippen MR) is 181 cm³/mol. The second-order valence-electron chi connectivity index (χ2n) is 11.7. The number of aliphatic imine (C=N–C) groups is 2. The van der Waals surface area contributed by atoms with Crippen LogP contribution in [0.15, 0.2) is 46.4 Å². The summed E-state index contributed by atoms with van der Waals surface area (Å²) in [7, 11) is 0. The van der Waals surface area contributed by atoms with E-state index >= 15 is 0 Å². The molecular formula is C38H60N2Ni. The molecule has 0 saturated carbocycles. The zero-order valence-electron chi connectivity index (χ0n) is 27.2. The standard InChI is InChI=1S/C38H60N2.Ni/c1-6-11-16-20-32-25-27-36(29-34(32)22-18-13-8-3)39-31-38(24-15-10-5)40-37-28-26-33(21-17-12-7-2)35(30-37)23-19-14-9-4;/h25-31H,6-24H2,1-5H3;. The monoisotopic (exact) mass is 602 g/mol. The fraction of sp³-hybridized carbons (Fsp3) is 0.632. The number of unbranched alkanes of at least 4 members (excludes halogenated alkanes) is 9. The molecule has 0 amide bonds. The SMILES string of the molecule is CCCCCc1ccc(N=CC(CCCC)=Nc2ccc(CCCCC)c(CCCCC)c2)cc1CCCCC.[Ni]. The van der Waals surface area contributed by atoms with Gasteiger partial charge in [-0.15, -0.1) is 0 Å². The minimum atomic E-state index is 0. The molecule has 0 radical (unpaired) electrons. The van der Waals surface area contributed by atoms with Gasteiger partial charge in [0, 0.05) is 22.7 Å². The Balaban J connectivity index is 0.00000840. The Morgan fingerprint density at radius 1 is 0.512 bits per heavy atom. The summed E-state index contributed by atoms with van der Waals surface area (Å²) in [5, 5.41) is 0. The Bertz CT molecular complexity index is 1010. The summed E-state index contributed by atoms with van der Waals surface area (Å²) in [6, 6.07) is 13.9. The average Bonchev–Trinajstić information content (AvgIpc) is 2.96. The number of hydrogen-bond acceptors (Lipinski definition) is 2. The van der Waals surface area contributed by atoms with Crippen molar-refractivity contribution in [1.29, 1.82) is 0 Å². The molecular weight excluding hydrogens is 543 g/mol. The van der Waals surface area contributed by atoms with Crippen LogP contribution < -0.4 is 0 Å². The van der Waals surface area contributed by atoms with E-state index in [1.54, 1.807) is 0 Å². The Labute approximate surface area is 264 Å². The molecule has 0 N–H and O–H groups in total. The normalized spacial score (nSPS) is 11.8. The van der Waals surface area contributed by atoms with Gasteiger partial charge in [-0.25, -0.2) is 0 Å². The van der Waals surface area contributed by atoms with Crippen molar-refractivity contribution >= 4 is 23.3 Å². The Kier molecular flexibility index (Phi) is 21.6. The molecule has 0 heterocycles. The molecule has 0 atom stereocenters. The summed E-state index contributed by atoms with van der Waals surface area (Å²) in [5.41, 5.74) is 9.32. The molecule has 0 aromatic heterocycles. The van der Waals surface area contributed by atoms with E-state index in [1.807, 2.05) is 6.21 Å². The number of benzene rings is 2. The molecule has 2 aromatic rings. The minimum absolute atomic E-state index is 0. The first kappa shape index (κ1) is 37.3. The van der Waals surface area contributed by atoms with Crippen LogP contribution in [-0.2, 0) is 42.2 Å². The Hall–Kier alpha value is -1.73. The molecule has 0 aliphatic rings. The molecule has 0 aliphatic heterocycles. The fourth-order valence-corrected chi connectivity index (χ4v) is 5.41. The van der Waals surface area contributed by atoms with Crippen LogP contribution in [0, 0.1) is 0 Å². The smallest absolute Gasteiger partial charge is 0.0636 e. The molecule has 232 valence electrons. The van der Waals surface area contributed by atoms with Crippen molar-refractivity contribution in [1.82, 2.24) is 0 Å². The Morgan fingerprint density at radius 2 is 0.927 bits per heavy atom. The predicted octanol–water partition coefficient (Wildman–Crippen LogP) is 12.3. The maximum absolute atomic E-state index is 5.16. The number of rotatable bonds is 22. The molecule has 0 aliphatic carbocycles. The summed E-state index contributed by atoms with van der Waals surface area (Å²) in [5.74, 6) is 0. The average molecular weight is 604 g/mol. The molecule has 0 fully saturated rings. The van der Waals surface area contributed by atoms with Crippen LogP contribution in [0.4, 0.5) is 11.4 Å². The van der Waals surface area contributed by atoms with Crippen LogP contribution in [0.5, 0.6) is 0 Å². The van der Waals surface area contributed by atoms with Crippen LogP contribution in [0.2, 0.25) is 0 Å². The van der Waals surface area contributed by atoms with E-state index in [1.165, 1.54) is 131 Å². The molecule has 0 spiro atoms. The maximum atomic E-state index is 5.16. The van der Waals surface area contributed by atoms with Crippen molar-refractivity contribution in [3.63, 3.8) is 0 Å². The molecule has 41 heavy (non-hydrogen) atoms. The number of hydrogen-bond donors (Lipinski definition) is 0. The van der Waals surface area contributed by atoms with Crippen molar-refractivity contribution in [2.75, 3.05) is 0 Å². The van der Waals surface area contributed by atoms with E-state index in [9.17, 15) is 0 Å². The quantitative estimate of drug-likeness (QED) is 0.0727. The molecule has 2 aromatic carbocycles. The molecule has 0 saturated heterocycles. The van der Waals surface area contributed by atoms with E-state index in [-0.39, 0.29) is 16.5 Å². The van der Waals surface area contributed by atoms with E-state index in [0.717, 1.165) is 29.9 Å². The van der Waals surface area contributed by atoms with Crippen LogP contribution in [0.3, 0.4) is 0 Å². The minimum Gasteiger partial charge on any atom is -0.255 e. The summed E-state index contributed by atoms with van der Waals surface area (Å²) >= 11 is 0. The van der Waals surface area contributed by atoms with Gasteiger partial charge in [0.25, 0.3) is 0 Å². The topological polar surface area (TPSA) is 24.7 Å². The first-order chi connectivity index (χ1) is 19.6. The fourth-order valence-electron chi connectivity index (χ4n) is 5.41. The Morgan fingerprint density at radius 3 is 1.39 bits per heavy atom. The van der Waals surface area contributed by atoms with Crippen molar-refractivity contribution < 1.29 is 16.5 Å². The van der Waals surface area contributed by atoms with Gasteiger partial charge in [0.1, 0.15) is 0 Å². The zero-order valence-corrected chi connectivity index (χ0v) is 28.2. The van der Waals surface area contributed by atoms with Gasteiger partial charge in [-0.3, -0.25) is 9.98 Å². The molecule has 2 rings (SSSR count). The summed E-state index contributed by atoms with van der Waals surface area (Å²) in [6.45, 7) is 11.4. The van der Waals surface area contributed by atoms with Gasteiger partial charge >= 0.3 is 0 Å². The molecule has 2 nitrogen and oxygen atoms in total. The van der Waals surface area contributed by atoms with E-state index in [4.69, 9.17) is 9.98 Å². The number of aryl methyl sites for hydroxylation is 4. The van der Waals surface area contributed by atoms with Crippen molar-refractivity contribution in [3.05, 3.63) is 58.7 Å². The second kappa shape index (κ2) is 23.8. The van der Waals surface area contributed by atoms with Gasteiger partial charge in [0.2, 0.25) is 0 Å². The van der Waals surface area contributed by atoms with Crippen LogP contribution in [0.25, 0.3) is 0 Å². The second-order valence-corrected chi connectivity index (χ2v) is 11.7. The third kappa shape index (κ3) is 15.4. The van der Waals surface area contributed by atoms with E-state index in [0.29, 0.717) is 0 Å². The van der Waals surface area contributed by atoms with Gasteiger partial charge in [0.05, 0.1) is 17.1 Å². The molecule has 0 bridgehead atoms. The van der Waals surface area contributed by atoms with Crippen LogP contribution >= 0.6 is 0 Å². The van der Waals surface area contributed by atoms with Crippen molar-refractivity contribution in [3.8, 4) is 0 Å². The van der Waals surface area contributed by atoms with Crippen molar-refractivity contribution in [2.45, 2.75) is 157 Å². The third-order valence-electron chi connectivity index (χ3n) is 8.00. The summed E-state index contributed by atoms with van der Waals surface area (Å²) in [6.07, 6.45) is 25.4. The zero-order chi connectivity index (χ0) is 28.8. The molecule has 0 unspecified atom stereocenters. The van der Waals surface area contributed by atoms with E-state index < -0.39 is 0 Å². The third-order valence-corrected chi connectivity index (χ3v) is 8.00. The first-order valence-electron chi connectivity index (χ1n) is 17.0. The summed E-state index contributed by atoms with van der Waals surface area (Å²) < 4.78 is 0. The summed E-state index contributed by atoms with van der Waals surface area (Å²) in [4.78, 5) is 10.1. The van der Waals surface area contributed by atoms with Gasteiger partial charge in [-0.05, 0) is 111 Å². The van der Waals surface area contributed by atoms with Gasteiger partial charge < -0.3 is 0 Å². The van der Waals surface area contributed by atoms with Crippen molar-refractivity contribution in [2.24, 2.45) is 9.98 Å². The first-order valence-corrected chi connectivity index (χ1v) is 17.0. The van der Waals surface area contributed by atoms with Gasteiger partial charge in [0.15, 0.2) is 0 Å². The van der Waals surface area contributed by atoms with Crippen LogP contribution in [0.1, 0.15) is 153 Å². The van der Waals surface area contributed by atoms with Crippen LogP contribution in [-0.4, -0.2) is 11.9 Å². The molecule has 3 heteroatoms. The largest absolute Gasteiger partial charge is 0.255 e. The number of nitrogens with zero attached hydrogens (tertiary/aromatic N) is 2. The maximum Gasteiger partial charge on any atom is 0.0636 e.